The largest absolute Gasteiger partial charge is 0.748 e. The molecule has 0 amide bonds. The minimum Gasteiger partial charge on any atom is -0.748 e. The number of hydrogen-bond donors (Lipinski definition) is 0. The molecule has 0 saturated carbocycles. The van der Waals surface area contributed by atoms with Crippen LogP contribution in [0, 0.1) is 0 Å². The lowest BCUT2D eigenvalue weighted by Crippen LogP contribution is -2.32. The van der Waals surface area contributed by atoms with Crippen LogP contribution in [0.3, 0.4) is 0 Å². The van der Waals surface area contributed by atoms with Gasteiger partial charge in [-0.2, -0.15) is 0 Å². The van der Waals surface area contributed by atoms with E-state index < -0.39 is 10.1 Å². The van der Waals surface area contributed by atoms with Gasteiger partial charge in [-0.3, -0.25) is 0 Å². The molecule has 0 bridgehead atoms. The smallest absolute Gasteiger partial charge is 0.196 e. The summed E-state index contributed by atoms with van der Waals surface area (Å²) in [5.74, 6) is 1.49. The van der Waals surface area contributed by atoms with Crippen LogP contribution in [0.1, 0.15) is 43.4 Å². The van der Waals surface area contributed by atoms with Gasteiger partial charge in [-0.25, -0.2) is 13.0 Å². The van der Waals surface area contributed by atoms with Gasteiger partial charge in [-0.05, 0) is 43.4 Å². The number of nitrogens with zero attached hydrogens (tertiary/aromatic N) is 2. The van der Waals surface area contributed by atoms with Crippen LogP contribution in [-0.2, 0) is 16.7 Å². The van der Waals surface area contributed by atoms with Crippen LogP contribution >= 0.6 is 0 Å². The zero-order valence-corrected chi connectivity index (χ0v) is 16.2. The van der Waals surface area contributed by atoms with E-state index in [9.17, 15) is 13.0 Å². The Balaban J connectivity index is 1.50. The van der Waals surface area contributed by atoms with Crippen molar-refractivity contribution in [1.29, 1.82) is 0 Å². The Kier molecular flexibility index (Phi) is 6.68. The standard InChI is InChI=1S/C20H26N2O4S/c23-27(24,25)17-5-4-12-21-15-10-18(11-16-21)6-7-19-8-9-20(26-19)22-13-2-1-3-14-22/h6-11,15-16H,1-5,12-14,17H2. The lowest BCUT2D eigenvalue weighted by Gasteiger charge is -2.25. The molecule has 1 saturated heterocycles. The first-order chi connectivity index (χ1) is 13.0. The van der Waals surface area contributed by atoms with E-state index in [0.717, 1.165) is 30.3 Å². The van der Waals surface area contributed by atoms with Gasteiger partial charge in [-0.15, -0.1) is 0 Å². The van der Waals surface area contributed by atoms with Crippen LogP contribution in [0.15, 0.2) is 41.1 Å². The Hall–Kier alpha value is -2.12. The molecule has 1 aliphatic rings. The average molecular weight is 391 g/mol. The topological polar surface area (TPSA) is 77.5 Å². The molecule has 3 heterocycles. The molecule has 1 fully saturated rings. The molecule has 2 aromatic heterocycles. The Morgan fingerprint density at radius 3 is 2.48 bits per heavy atom. The van der Waals surface area contributed by atoms with E-state index in [-0.39, 0.29) is 5.75 Å². The number of anilines is 1. The van der Waals surface area contributed by atoms with Gasteiger partial charge in [0.15, 0.2) is 18.3 Å². The first kappa shape index (κ1) is 19.6. The van der Waals surface area contributed by atoms with Crippen molar-refractivity contribution in [2.75, 3.05) is 23.7 Å². The van der Waals surface area contributed by atoms with Crippen molar-refractivity contribution in [2.24, 2.45) is 0 Å². The van der Waals surface area contributed by atoms with Crippen molar-refractivity contribution in [3.05, 3.63) is 48.0 Å². The maximum atomic E-state index is 10.6. The van der Waals surface area contributed by atoms with Gasteiger partial charge >= 0.3 is 0 Å². The van der Waals surface area contributed by atoms with E-state index in [1.807, 2.05) is 53.4 Å². The fourth-order valence-electron chi connectivity index (χ4n) is 3.20. The second kappa shape index (κ2) is 9.19. The molecular weight excluding hydrogens is 364 g/mol. The van der Waals surface area contributed by atoms with Gasteiger partial charge in [0.05, 0.1) is 10.1 Å². The van der Waals surface area contributed by atoms with Crippen molar-refractivity contribution in [2.45, 2.75) is 38.6 Å². The third-order valence-corrected chi connectivity index (χ3v) is 5.49. The number of rotatable bonds is 8. The summed E-state index contributed by atoms with van der Waals surface area (Å²) in [6.45, 7) is 2.82. The Labute approximate surface area is 160 Å². The summed E-state index contributed by atoms with van der Waals surface area (Å²) in [6.07, 6.45) is 12.7. The summed E-state index contributed by atoms with van der Waals surface area (Å²) in [6, 6.07) is 8.02. The number of hydrogen-bond acceptors (Lipinski definition) is 5. The minimum absolute atomic E-state index is 0.295. The fourth-order valence-corrected chi connectivity index (χ4v) is 3.75. The van der Waals surface area contributed by atoms with Gasteiger partial charge in [0.2, 0.25) is 0 Å². The summed E-state index contributed by atoms with van der Waals surface area (Å²) in [7, 11) is -4.10. The predicted molar refractivity (Wildman–Crippen MR) is 104 cm³/mol. The van der Waals surface area contributed by atoms with E-state index >= 15 is 0 Å². The highest BCUT2D eigenvalue weighted by atomic mass is 32.2. The van der Waals surface area contributed by atoms with Gasteiger partial charge < -0.3 is 13.9 Å². The Morgan fingerprint density at radius 1 is 1.04 bits per heavy atom. The van der Waals surface area contributed by atoms with Crippen LogP contribution in [-0.4, -0.2) is 31.8 Å². The molecule has 146 valence electrons. The lowest BCUT2D eigenvalue weighted by atomic mass is 10.1. The molecule has 2 aromatic rings. The van der Waals surface area contributed by atoms with Gasteiger partial charge in [-0.1, -0.05) is 6.08 Å². The highest BCUT2D eigenvalue weighted by Gasteiger charge is 2.13. The van der Waals surface area contributed by atoms with Crippen LogP contribution in [0.2, 0.25) is 0 Å². The molecule has 0 aliphatic carbocycles. The first-order valence-electron chi connectivity index (χ1n) is 9.45. The summed E-state index contributed by atoms with van der Waals surface area (Å²) in [5.41, 5.74) is 1.06. The third-order valence-electron chi connectivity index (χ3n) is 4.70. The summed E-state index contributed by atoms with van der Waals surface area (Å²) in [4.78, 5) is 2.30. The van der Waals surface area contributed by atoms with Crippen LogP contribution in [0.4, 0.5) is 5.88 Å². The van der Waals surface area contributed by atoms with E-state index in [4.69, 9.17) is 4.42 Å². The molecule has 0 atom stereocenters. The number of furan rings is 1. The fraction of sp³-hybridized carbons (Fsp3) is 0.450. The minimum atomic E-state index is -4.10. The summed E-state index contributed by atoms with van der Waals surface area (Å²) >= 11 is 0. The molecule has 7 heteroatoms. The number of unbranched alkanes of at least 4 members (excludes halogenated alkanes) is 1. The van der Waals surface area contributed by atoms with E-state index in [2.05, 4.69) is 4.90 Å². The zero-order chi connectivity index (χ0) is 19.1. The van der Waals surface area contributed by atoms with Gasteiger partial charge in [0.1, 0.15) is 12.3 Å². The van der Waals surface area contributed by atoms with Crippen molar-refractivity contribution >= 4 is 28.2 Å². The molecule has 3 rings (SSSR count). The van der Waals surface area contributed by atoms with Crippen LogP contribution in [0.5, 0.6) is 0 Å². The van der Waals surface area contributed by atoms with E-state index in [1.54, 1.807) is 0 Å². The molecule has 0 N–H and O–H groups in total. The summed E-state index contributed by atoms with van der Waals surface area (Å²) < 4.78 is 39.7. The molecule has 0 unspecified atom stereocenters. The lowest BCUT2D eigenvalue weighted by molar-refractivity contribution is -0.697. The highest BCUT2D eigenvalue weighted by molar-refractivity contribution is 7.85. The number of aryl methyl sites for hydroxylation is 1. The molecular formula is C20H26N2O4S. The Morgan fingerprint density at radius 2 is 1.78 bits per heavy atom. The monoisotopic (exact) mass is 390 g/mol. The number of piperidine rings is 1. The van der Waals surface area contributed by atoms with Gasteiger partial charge in [0, 0.05) is 43.5 Å². The quantitative estimate of drug-likeness (QED) is 0.393. The normalized spacial score (nSPS) is 15.5. The van der Waals surface area contributed by atoms with E-state index in [0.29, 0.717) is 19.4 Å². The molecule has 0 spiro atoms. The first-order valence-corrected chi connectivity index (χ1v) is 11.0. The zero-order valence-electron chi connectivity index (χ0n) is 15.4. The molecule has 27 heavy (non-hydrogen) atoms. The maximum Gasteiger partial charge on any atom is 0.196 e. The SMILES string of the molecule is O=S(=O)([O-])CCCC[n+]1ccc(/C=C/c2ccc(N3CCCCC3)o2)cc1. The van der Waals surface area contributed by atoms with Crippen molar-refractivity contribution < 1.29 is 22.0 Å². The highest BCUT2D eigenvalue weighted by Crippen LogP contribution is 2.23. The van der Waals surface area contributed by atoms with Crippen molar-refractivity contribution in [1.82, 2.24) is 0 Å². The second-order valence-corrected chi connectivity index (χ2v) is 8.42. The molecule has 0 radical (unpaired) electrons. The number of pyridine rings is 1. The maximum absolute atomic E-state index is 10.6. The van der Waals surface area contributed by atoms with Gasteiger partial charge in [0.25, 0.3) is 0 Å². The summed E-state index contributed by atoms with van der Waals surface area (Å²) in [5, 5.41) is 0. The Bertz CT molecular complexity index is 850. The molecule has 6 nitrogen and oxygen atoms in total. The average Bonchev–Trinajstić information content (AvgIpc) is 3.14. The molecule has 1 aliphatic heterocycles. The van der Waals surface area contributed by atoms with Crippen LogP contribution < -0.4 is 9.47 Å². The van der Waals surface area contributed by atoms with Crippen molar-refractivity contribution in [3.63, 3.8) is 0 Å². The molecule has 0 aromatic carbocycles. The van der Waals surface area contributed by atoms with Crippen LogP contribution in [0.25, 0.3) is 12.2 Å². The van der Waals surface area contributed by atoms with Crippen molar-refractivity contribution in [3.8, 4) is 0 Å². The van der Waals surface area contributed by atoms with E-state index in [1.165, 1.54) is 19.3 Å². The second-order valence-electron chi connectivity index (χ2n) is 6.90. The predicted octanol–water partition coefficient (Wildman–Crippen LogP) is 3.05. The third kappa shape index (κ3) is 6.52. The number of aromatic nitrogens is 1.